The number of hydrogen-bond donors (Lipinski definition) is 0. The molecule has 1 atom stereocenters. The molecule has 0 aliphatic heterocycles. The van der Waals surface area contributed by atoms with Crippen LogP contribution in [-0.2, 0) is 0 Å². The lowest BCUT2D eigenvalue weighted by molar-refractivity contribution is 0.957. The predicted molar refractivity (Wildman–Crippen MR) is 266 cm³/mol. The van der Waals surface area contributed by atoms with Crippen molar-refractivity contribution < 1.29 is 0 Å². The molecule has 0 fully saturated rings. The van der Waals surface area contributed by atoms with Crippen LogP contribution in [0.2, 0.25) is 0 Å². The van der Waals surface area contributed by atoms with Crippen LogP contribution in [-0.4, -0.2) is 4.57 Å². The van der Waals surface area contributed by atoms with Gasteiger partial charge in [-0.2, -0.15) is 0 Å². The van der Waals surface area contributed by atoms with E-state index >= 15 is 0 Å². The standard InChI is InChI=1S/C60H39NS/c1-37-47-12-4-5-13-51(47)55-35-44(28-32-48(37)55)49-15-8-17-53-54-18-9-16-50(45-29-33-58-56(36-45)52-14-6-7-19-57(52)62-58)60(54)61(59(49)53)46-30-26-40(27-31-46)39-20-22-41(23-21-39)43-25-24-38-10-2-3-11-42(38)34-43/h2-37H,1H3. The van der Waals surface area contributed by atoms with E-state index in [1.54, 1.807) is 0 Å². The highest BCUT2D eigenvalue weighted by Gasteiger charge is 2.26. The summed E-state index contributed by atoms with van der Waals surface area (Å²) in [5.74, 6) is 0.381. The molecule has 0 amide bonds. The first-order valence-corrected chi connectivity index (χ1v) is 22.4. The predicted octanol–water partition coefficient (Wildman–Crippen LogP) is 17.1. The van der Waals surface area contributed by atoms with E-state index in [0.29, 0.717) is 5.92 Å². The van der Waals surface area contributed by atoms with E-state index in [0.717, 1.165) is 5.69 Å². The molecule has 2 heterocycles. The van der Waals surface area contributed by atoms with Gasteiger partial charge in [0.05, 0.1) is 11.0 Å². The highest BCUT2D eigenvalue weighted by molar-refractivity contribution is 7.25. The van der Waals surface area contributed by atoms with Gasteiger partial charge in [-0.05, 0) is 109 Å². The molecule has 2 heteroatoms. The van der Waals surface area contributed by atoms with Crippen LogP contribution in [0.5, 0.6) is 0 Å². The number of rotatable bonds is 5. The summed E-state index contributed by atoms with van der Waals surface area (Å²) >= 11 is 1.87. The van der Waals surface area contributed by atoms with Crippen molar-refractivity contribution in [2.24, 2.45) is 0 Å². The Kier molecular flexibility index (Phi) is 7.82. The second-order valence-corrected chi connectivity index (χ2v) is 17.9. The summed E-state index contributed by atoms with van der Waals surface area (Å²) in [6.07, 6.45) is 0. The highest BCUT2D eigenvalue weighted by Crippen LogP contribution is 2.48. The molecule has 13 rings (SSSR count). The Hall–Kier alpha value is -7.52. The molecule has 1 nitrogen and oxygen atoms in total. The third-order valence-electron chi connectivity index (χ3n) is 13.5. The molecule has 10 aromatic carbocycles. The number of hydrogen-bond acceptors (Lipinski definition) is 1. The molecule has 0 saturated heterocycles. The van der Waals surface area contributed by atoms with Crippen LogP contribution in [0.1, 0.15) is 24.0 Å². The lowest BCUT2D eigenvalue weighted by atomic mass is 9.95. The molecule has 0 spiro atoms. The Morgan fingerprint density at radius 3 is 1.65 bits per heavy atom. The van der Waals surface area contributed by atoms with E-state index in [2.05, 4.69) is 224 Å². The van der Waals surface area contributed by atoms with Gasteiger partial charge in [0.15, 0.2) is 0 Å². The minimum Gasteiger partial charge on any atom is -0.308 e. The Morgan fingerprint density at radius 2 is 0.871 bits per heavy atom. The Balaban J connectivity index is 0.993. The molecule has 12 aromatic rings. The highest BCUT2D eigenvalue weighted by atomic mass is 32.1. The lowest BCUT2D eigenvalue weighted by Crippen LogP contribution is -1.97. The molecule has 0 N–H and O–H groups in total. The van der Waals surface area contributed by atoms with Crippen molar-refractivity contribution in [1.29, 1.82) is 0 Å². The van der Waals surface area contributed by atoms with Crippen molar-refractivity contribution >= 4 is 64.1 Å². The average molecular weight is 806 g/mol. The van der Waals surface area contributed by atoms with Crippen molar-refractivity contribution in [2.45, 2.75) is 12.8 Å². The van der Waals surface area contributed by atoms with Gasteiger partial charge >= 0.3 is 0 Å². The summed E-state index contributed by atoms with van der Waals surface area (Å²) < 4.78 is 5.19. The van der Waals surface area contributed by atoms with Gasteiger partial charge in [0.1, 0.15) is 0 Å². The van der Waals surface area contributed by atoms with Crippen molar-refractivity contribution in [3.05, 3.63) is 223 Å². The monoisotopic (exact) mass is 805 g/mol. The number of fused-ring (bicyclic) bond motifs is 10. The first kappa shape index (κ1) is 35.3. The van der Waals surface area contributed by atoms with Gasteiger partial charge in [0, 0.05) is 53.7 Å². The minimum atomic E-state index is 0.381. The molecule has 0 radical (unpaired) electrons. The van der Waals surface area contributed by atoms with E-state index in [1.165, 1.54) is 120 Å². The van der Waals surface area contributed by atoms with Gasteiger partial charge < -0.3 is 4.57 Å². The van der Waals surface area contributed by atoms with E-state index in [9.17, 15) is 0 Å². The van der Waals surface area contributed by atoms with Crippen molar-refractivity contribution in [1.82, 2.24) is 4.57 Å². The minimum absolute atomic E-state index is 0.381. The fourth-order valence-electron chi connectivity index (χ4n) is 10.4. The van der Waals surface area contributed by atoms with Crippen LogP contribution in [0.15, 0.2) is 212 Å². The van der Waals surface area contributed by atoms with Crippen molar-refractivity contribution in [3.8, 4) is 61.3 Å². The van der Waals surface area contributed by atoms with Gasteiger partial charge in [-0.15, -0.1) is 11.3 Å². The summed E-state index contributed by atoms with van der Waals surface area (Å²) in [6.45, 7) is 2.34. The summed E-state index contributed by atoms with van der Waals surface area (Å²) in [5.41, 5.74) is 18.9. The number of para-hydroxylation sites is 2. The molecular weight excluding hydrogens is 767 g/mol. The second kappa shape index (κ2) is 13.8. The van der Waals surface area contributed by atoms with Gasteiger partial charge in [-0.25, -0.2) is 0 Å². The van der Waals surface area contributed by atoms with Crippen LogP contribution in [0.25, 0.3) is 114 Å². The first-order chi connectivity index (χ1) is 30.6. The summed E-state index contributed by atoms with van der Waals surface area (Å²) in [5, 5.41) is 7.66. The first-order valence-electron chi connectivity index (χ1n) is 21.6. The summed E-state index contributed by atoms with van der Waals surface area (Å²) in [7, 11) is 0. The van der Waals surface area contributed by atoms with Crippen molar-refractivity contribution in [3.63, 3.8) is 0 Å². The maximum Gasteiger partial charge on any atom is 0.0619 e. The zero-order valence-corrected chi connectivity index (χ0v) is 35.0. The normalized spacial score (nSPS) is 13.4. The van der Waals surface area contributed by atoms with Gasteiger partial charge in [-0.1, -0.05) is 177 Å². The van der Waals surface area contributed by atoms with Crippen LogP contribution in [0.4, 0.5) is 0 Å². The molecule has 0 saturated carbocycles. The lowest BCUT2D eigenvalue weighted by Gasteiger charge is -2.15. The van der Waals surface area contributed by atoms with Gasteiger partial charge in [0.2, 0.25) is 0 Å². The average Bonchev–Trinajstić information content (AvgIpc) is 3.98. The zero-order valence-electron chi connectivity index (χ0n) is 34.1. The third-order valence-corrected chi connectivity index (χ3v) is 14.6. The number of thiophene rings is 1. The molecule has 62 heavy (non-hydrogen) atoms. The Labute approximate surface area is 364 Å². The van der Waals surface area contributed by atoms with E-state index in [-0.39, 0.29) is 0 Å². The fourth-order valence-corrected chi connectivity index (χ4v) is 11.5. The molecule has 0 bridgehead atoms. The zero-order chi connectivity index (χ0) is 40.9. The molecule has 290 valence electrons. The molecule has 1 unspecified atom stereocenters. The van der Waals surface area contributed by atoms with Crippen LogP contribution >= 0.6 is 11.3 Å². The van der Waals surface area contributed by atoms with Crippen LogP contribution in [0.3, 0.4) is 0 Å². The largest absolute Gasteiger partial charge is 0.308 e. The maximum atomic E-state index is 2.54. The quantitative estimate of drug-likeness (QED) is 0.163. The molecule has 2 aromatic heterocycles. The fraction of sp³-hybridized carbons (Fsp3) is 0.0333. The molecular formula is C60H39NS. The molecule has 1 aliphatic rings. The topological polar surface area (TPSA) is 4.93 Å². The SMILES string of the molecule is CC1c2ccccc2-c2cc(-c3cccc4c5cccc(-c6ccc7sc8ccccc8c7c6)c5n(-c5ccc(-c6ccc(-c7ccc8ccccc8c7)cc6)cc5)c34)ccc21. The number of nitrogens with zero attached hydrogens (tertiary/aromatic N) is 1. The van der Waals surface area contributed by atoms with E-state index < -0.39 is 0 Å². The summed E-state index contributed by atoms with van der Waals surface area (Å²) in [6, 6.07) is 79.2. The van der Waals surface area contributed by atoms with Crippen molar-refractivity contribution in [2.75, 3.05) is 0 Å². The Bertz CT molecular complexity index is 3750. The number of aromatic nitrogens is 1. The van der Waals surface area contributed by atoms with E-state index in [4.69, 9.17) is 0 Å². The molecule has 1 aliphatic carbocycles. The van der Waals surface area contributed by atoms with E-state index in [1.807, 2.05) is 11.3 Å². The maximum absolute atomic E-state index is 2.54. The third kappa shape index (κ3) is 5.40. The Morgan fingerprint density at radius 1 is 0.339 bits per heavy atom. The number of benzene rings is 10. The van der Waals surface area contributed by atoms with Crippen LogP contribution in [0, 0.1) is 0 Å². The van der Waals surface area contributed by atoms with Gasteiger partial charge in [-0.3, -0.25) is 0 Å². The smallest absolute Gasteiger partial charge is 0.0619 e. The second-order valence-electron chi connectivity index (χ2n) is 16.8. The summed E-state index contributed by atoms with van der Waals surface area (Å²) in [4.78, 5) is 0. The van der Waals surface area contributed by atoms with Gasteiger partial charge in [0.25, 0.3) is 0 Å². The van der Waals surface area contributed by atoms with Crippen LogP contribution < -0.4 is 0 Å².